The second kappa shape index (κ2) is 14.8. The summed E-state index contributed by atoms with van der Waals surface area (Å²) in [6.45, 7) is 6.28. The maximum absolute atomic E-state index is 12.3. The zero-order valence-corrected chi connectivity index (χ0v) is 26.6. The van der Waals surface area contributed by atoms with Crippen LogP contribution in [0.1, 0.15) is 50.7 Å². The Hall–Kier alpha value is -6.32. The molecule has 0 spiro atoms. The van der Waals surface area contributed by atoms with Crippen molar-refractivity contribution in [2.45, 2.75) is 39.5 Å². The summed E-state index contributed by atoms with van der Waals surface area (Å²) in [6, 6.07) is 11.5. The number of carboxylic acid groups (broad SMARTS) is 2. The van der Waals surface area contributed by atoms with Gasteiger partial charge >= 0.3 is 23.9 Å². The van der Waals surface area contributed by atoms with E-state index >= 15 is 0 Å². The number of rotatable bonds is 8. The Bertz CT molecular complexity index is 1780. The highest BCUT2D eigenvalue weighted by Gasteiger charge is 2.41. The third kappa shape index (κ3) is 7.06. The van der Waals surface area contributed by atoms with Crippen LogP contribution >= 0.6 is 0 Å². The van der Waals surface area contributed by atoms with Gasteiger partial charge in [0.2, 0.25) is 0 Å². The van der Waals surface area contributed by atoms with Crippen LogP contribution < -0.4 is 10.6 Å². The number of hydrogen-bond acceptors (Lipinski definition) is 12. The Balaban J connectivity index is 0.000000261. The highest BCUT2D eigenvalue weighted by atomic mass is 16.6. The fraction of sp³-hybridized carbons (Fsp3) is 0.250. The molecule has 0 atom stereocenters. The van der Waals surface area contributed by atoms with Gasteiger partial charge in [-0.2, -0.15) is 0 Å². The molecule has 0 saturated heterocycles. The summed E-state index contributed by atoms with van der Waals surface area (Å²) in [5, 5.41) is 47.3. The molecule has 0 aliphatic carbocycles. The molecule has 252 valence electrons. The van der Waals surface area contributed by atoms with E-state index in [1.54, 1.807) is 19.9 Å². The normalized spacial score (nSPS) is 15.1. The molecule has 0 radical (unpaired) electrons. The number of nitrogens with one attached hydrogen (secondary N) is 2. The average Bonchev–Trinajstić information content (AvgIpc) is 3.03. The second-order valence-corrected chi connectivity index (χ2v) is 10.5. The SMILES string of the molecule is CC1=C(C(=O)O)C(c2ccccc2[N+](=O)[O-])C(C(=O)O)=C(C)N1.COC(=O)C1=C(C)NC(C)=C(C(=O)OC)C1c1ccccc1[N+](=O)[O-]. The van der Waals surface area contributed by atoms with Crippen LogP contribution in [0.2, 0.25) is 0 Å². The molecule has 0 saturated carbocycles. The van der Waals surface area contributed by atoms with Gasteiger partial charge in [-0.1, -0.05) is 36.4 Å². The number of benzene rings is 2. The molecular formula is C32H32N4O12. The van der Waals surface area contributed by atoms with Crippen molar-refractivity contribution in [3.05, 3.63) is 125 Å². The summed E-state index contributed by atoms with van der Waals surface area (Å²) in [5.41, 5.74) is 0.970. The predicted molar refractivity (Wildman–Crippen MR) is 168 cm³/mol. The number of nitro groups is 2. The molecule has 2 heterocycles. The molecule has 2 aliphatic rings. The average molecular weight is 665 g/mol. The molecule has 4 rings (SSSR count). The van der Waals surface area contributed by atoms with Gasteiger partial charge in [0, 0.05) is 46.0 Å². The van der Waals surface area contributed by atoms with E-state index < -0.39 is 45.6 Å². The summed E-state index contributed by atoms with van der Waals surface area (Å²) < 4.78 is 9.66. The molecule has 16 nitrogen and oxygen atoms in total. The lowest BCUT2D eigenvalue weighted by atomic mass is 9.79. The number of carboxylic acids is 2. The molecule has 0 bridgehead atoms. The zero-order chi connectivity index (χ0) is 36.0. The Morgan fingerprint density at radius 2 is 0.896 bits per heavy atom. The highest BCUT2D eigenvalue weighted by molar-refractivity contribution is 6.00. The van der Waals surface area contributed by atoms with Crippen molar-refractivity contribution in [3.63, 3.8) is 0 Å². The van der Waals surface area contributed by atoms with Gasteiger partial charge in [0.05, 0.1) is 58.2 Å². The molecule has 2 aromatic carbocycles. The van der Waals surface area contributed by atoms with Gasteiger partial charge in [0.25, 0.3) is 11.4 Å². The molecule has 48 heavy (non-hydrogen) atoms. The number of aliphatic carboxylic acids is 2. The molecule has 4 N–H and O–H groups in total. The van der Waals surface area contributed by atoms with E-state index in [2.05, 4.69) is 10.6 Å². The number of nitrogens with zero attached hydrogens (tertiary/aromatic N) is 2. The van der Waals surface area contributed by atoms with Crippen molar-refractivity contribution in [1.29, 1.82) is 0 Å². The molecule has 2 aromatic rings. The number of carbonyl (C=O) groups is 4. The first kappa shape index (κ1) is 36.2. The molecular weight excluding hydrogens is 632 g/mol. The molecule has 16 heteroatoms. The number of ether oxygens (including phenoxy) is 2. The van der Waals surface area contributed by atoms with Gasteiger partial charge in [-0.15, -0.1) is 0 Å². The first-order valence-electron chi connectivity index (χ1n) is 14.1. The lowest BCUT2D eigenvalue weighted by Gasteiger charge is -2.29. The van der Waals surface area contributed by atoms with Crippen LogP contribution in [0.25, 0.3) is 0 Å². The van der Waals surface area contributed by atoms with Gasteiger partial charge in [-0.3, -0.25) is 20.2 Å². The molecule has 0 aromatic heterocycles. The van der Waals surface area contributed by atoms with Crippen LogP contribution in [-0.2, 0) is 28.7 Å². The van der Waals surface area contributed by atoms with Gasteiger partial charge in [0.15, 0.2) is 0 Å². The second-order valence-electron chi connectivity index (χ2n) is 10.5. The molecule has 0 fully saturated rings. The van der Waals surface area contributed by atoms with E-state index in [1.807, 2.05) is 0 Å². The Kier molecular flexibility index (Phi) is 11.2. The van der Waals surface area contributed by atoms with E-state index in [0.29, 0.717) is 11.4 Å². The van der Waals surface area contributed by atoms with Crippen LogP contribution in [0.4, 0.5) is 11.4 Å². The number of esters is 2. The van der Waals surface area contributed by atoms with E-state index in [9.17, 15) is 49.6 Å². The third-order valence-corrected chi connectivity index (χ3v) is 7.68. The van der Waals surface area contributed by atoms with Crippen molar-refractivity contribution < 1.29 is 48.7 Å². The predicted octanol–water partition coefficient (Wildman–Crippen LogP) is 4.17. The minimum absolute atomic E-state index is 0.0347. The maximum Gasteiger partial charge on any atom is 0.336 e. The number of dihydropyridines is 2. The first-order chi connectivity index (χ1) is 22.6. The lowest BCUT2D eigenvalue weighted by Crippen LogP contribution is -2.32. The van der Waals surface area contributed by atoms with Crippen LogP contribution in [-0.4, -0.2) is 58.2 Å². The van der Waals surface area contributed by atoms with Crippen molar-refractivity contribution in [2.75, 3.05) is 14.2 Å². The number of allylic oxidation sites excluding steroid dienone is 4. The van der Waals surface area contributed by atoms with E-state index in [0.717, 1.165) is 0 Å². The third-order valence-electron chi connectivity index (χ3n) is 7.68. The topological polar surface area (TPSA) is 238 Å². The van der Waals surface area contributed by atoms with Gasteiger partial charge < -0.3 is 30.3 Å². The minimum atomic E-state index is -1.33. The number of hydrogen-bond donors (Lipinski definition) is 4. The number of nitro benzene ring substituents is 2. The number of carbonyl (C=O) groups excluding carboxylic acids is 2. The largest absolute Gasteiger partial charge is 0.478 e. The first-order valence-corrected chi connectivity index (χ1v) is 14.1. The Morgan fingerprint density at radius 1 is 0.604 bits per heavy atom. The van der Waals surface area contributed by atoms with Crippen LogP contribution in [0.3, 0.4) is 0 Å². The Morgan fingerprint density at radius 3 is 1.19 bits per heavy atom. The summed E-state index contributed by atoms with van der Waals surface area (Å²) in [5.74, 6) is -6.21. The summed E-state index contributed by atoms with van der Waals surface area (Å²) >= 11 is 0. The summed E-state index contributed by atoms with van der Waals surface area (Å²) in [4.78, 5) is 69.4. The molecule has 0 unspecified atom stereocenters. The van der Waals surface area contributed by atoms with E-state index in [-0.39, 0.29) is 56.2 Å². The lowest BCUT2D eigenvalue weighted by molar-refractivity contribution is -0.385. The van der Waals surface area contributed by atoms with Gasteiger partial charge in [-0.05, 0) is 27.7 Å². The van der Waals surface area contributed by atoms with Crippen molar-refractivity contribution in [3.8, 4) is 0 Å². The van der Waals surface area contributed by atoms with Gasteiger partial charge in [-0.25, -0.2) is 19.2 Å². The molecule has 0 amide bonds. The monoisotopic (exact) mass is 664 g/mol. The zero-order valence-electron chi connectivity index (χ0n) is 26.6. The maximum atomic E-state index is 12.3. The summed E-state index contributed by atoms with van der Waals surface area (Å²) in [6.07, 6.45) is 0. The standard InChI is InChI=1S/C17H18N2O6.C15H14N2O6/c1-9-13(16(20)24-3)15(14(10(2)18-9)17(21)25-4)11-7-5-6-8-12(11)19(22)23;1-7-11(14(18)19)13(12(15(20)21)8(2)16-7)9-5-3-4-6-10(9)17(22)23/h5-8,15,18H,1-4H3;3-6,13,16H,1-2H3,(H,18,19)(H,20,21). The fourth-order valence-corrected chi connectivity index (χ4v) is 5.73. The van der Waals surface area contributed by atoms with Gasteiger partial charge in [0.1, 0.15) is 0 Å². The van der Waals surface area contributed by atoms with Crippen molar-refractivity contribution in [1.82, 2.24) is 10.6 Å². The Labute approximate surface area is 273 Å². The fourth-order valence-electron chi connectivity index (χ4n) is 5.73. The molecule has 2 aliphatic heterocycles. The van der Waals surface area contributed by atoms with Crippen LogP contribution in [0.15, 0.2) is 93.6 Å². The van der Waals surface area contributed by atoms with Crippen molar-refractivity contribution >= 4 is 35.3 Å². The number of methoxy groups -OCH3 is 2. The smallest absolute Gasteiger partial charge is 0.336 e. The van der Waals surface area contributed by atoms with E-state index in [1.165, 1.54) is 70.5 Å². The summed E-state index contributed by atoms with van der Waals surface area (Å²) in [7, 11) is 2.42. The highest BCUT2D eigenvalue weighted by Crippen LogP contribution is 2.43. The van der Waals surface area contributed by atoms with Crippen LogP contribution in [0.5, 0.6) is 0 Å². The number of para-hydroxylation sites is 2. The van der Waals surface area contributed by atoms with E-state index in [4.69, 9.17) is 9.47 Å². The van der Waals surface area contributed by atoms with Crippen molar-refractivity contribution in [2.24, 2.45) is 0 Å². The quantitative estimate of drug-likeness (QED) is 0.176. The van der Waals surface area contributed by atoms with Crippen LogP contribution in [0, 0.1) is 20.2 Å². The minimum Gasteiger partial charge on any atom is -0.478 e.